The lowest BCUT2D eigenvalue weighted by Crippen LogP contribution is -2.10. The van der Waals surface area contributed by atoms with Crippen molar-refractivity contribution < 1.29 is 9.90 Å². The Morgan fingerprint density at radius 3 is 2.75 bits per heavy atom. The fourth-order valence-electron chi connectivity index (χ4n) is 1.55. The molecule has 0 saturated heterocycles. The highest BCUT2D eigenvalue weighted by molar-refractivity contribution is 9.10. The molecule has 5 heteroatoms. The van der Waals surface area contributed by atoms with Crippen LogP contribution in [0.1, 0.15) is 16.1 Å². The van der Waals surface area contributed by atoms with Gasteiger partial charge in [-0.25, -0.2) is 4.79 Å². The maximum absolute atomic E-state index is 11.7. The van der Waals surface area contributed by atoms with Crippen LogP contribution in [0, 0.1) is 6.92 Å². The van der Waals surface area contributed by atoms with Gasteiger partial charge in [-0.15, -0.1) is 0 Å². The fourth-order valence-corrected chi connectivity index (χ4v) is 1.88. The Balaban J connectivity index is 2.94. The number of fused-ring (bicyclic) bond motifs is 1. The van der Waals surface area contributed by atoms with Crippen molar-refractivity contribution in [2.75, 3.05) is 0 Å². The monoisotopic (exact) mass is 281 g/mol. The van der Waals surface area contributed by atoms with Crippen molar-refractivity contribution in [3.63, 3.8) is 0 Å². The Kier molecular flexibility index (Phi) is 2.55. The largest absolute Gasteiger partial charge is 0.477 e. The molecule has 0 radical (unpaired) electrons. The molecule has 0 fully saturated rings. The average molecular weight is 282 g/mol. The molecule has 16 heavy (non-hydrogen) atoms. The van der Waals surface area contributed by atoms with Gasteiger partial charge in [-0.3, -0.25) is 4.79 Å². The van der Waals surface area contributed by atoms with Gasteiger partial charge in [0.2, 0.25) is 0 Å². The summed E-state index contributed by atoms with van der Waals surface area (Å²) in [7, 11) is 0. The lowest BCUT2D eigenvalue weighted by molar-refractivity contribution is 0.0691. The highest BCUT2D eigenvalue weighted by atomic mass is 79.9. The van der Waals surface area contributed by atoms with Gasteiger partial charge >= 0.3 is 5.97 Å². The van der Waals surface area contributed by atoms with Crippen LogP contribution in [0.25, 0.3) is 10.9 Å². The Hall–Kier alpha value is -1.62. The van der Waals surface area contributed by atoms with Gasteiger partial charge in [-0.05, 0) is 24.6 Å². The van der Waals surface area contributed by atoms with Gasteiger partial charge in [0.25, 0.3) is 0 Å². The molecule has 0 atom stereocenters. The first-order valence-corrected chi connectivity index (χ1v) is 5.35. The van der Waals surface area contributed by atoms with Crippen LogP contribution in [0.15, 0.2) is 27.5 Å². The maximum atomic E-state index is 11.7. The number of aromatic nitrogens is 1. The summed E-state index contributed by atoms with van der Waals surface area (Å²) in [4.78, 5) is 25.2. The Morgan fingerprint density at radius 2 is 2.12 bits per heavy atom. The van der Waals surface area contributed by atoms with Crippen molar-refractivity contribution in [3.05, 3.63) is 44.2 Å². The van der Waals surface area contributed by atoms with Gasteiger partial charge < -0.3 is 10.1 Å². The highest BCUT2D eigenvalue weighted by Crippen LogP contribution is 2.22. The molecule has 0 aliphatic rings. The molecule has 0 amide bonds. The summed E-state index contributed by atoms with van der Waals surface area (Å²) in [6, 6.07) is 4.53. The van der Waals surface area contributed by atoms with Crippen molar-refractivity contribution in [2.45, 2.75) is 6.92 Å². The van der Waals surface area contributed by atoms with Crippen LogP contribution in [0.4, 0.5) is 0 Å². The van der Waals surface area contributed by atoms with E-state index in [2.05, 4.69) is 20.9 Å². The van der Waals surface area contributed by atoms with Gasteiger partial charge in [0.15, 0.2) is 5.43 Å². The molecule has 4 nitrogen and oxygen atoms in total. The van der Waals surface area contributed by atoms with Crippen molar-refractivity contribution in [2.24, 2.45) is 0 Å². The number of nitrogens with one attached hydrogen (secondary N) is 1. The molecule has 0 aliphatic heterocycles. The van der Waals surface area contributed by atoms with Crippen LogP contribution in [-0.2, 0) is 0 Å². The van der Waals surface area contributed by atoms with Crippen molar-refractivity contribution >= 4 is 32.8 Å². The number of H-pyrrole nitrogens is 1. The normalized spacial score (nSPS) is 10.6. The van der Waals surface area contributed by atoms with E-state index < -0.39 is 5.97 Å². The van der Waals surface area contributed by atoms with E-state index in [9.17, 15) is 9.59 Å². The van der Waals surface area contributed by atoms with Gasteiger partial charge in [-0.2, -0.15) is 0 Å². The second kappa shape index (κ2) is 3.75. The Labute approximate surface area is 99.0 Å². The minimum Gasteiger partial charge on any atom is -0.477 e. The summed E-state index contributed by atoms with van der Waals surface area (Å²) in [6.07, 6.45) is 0. The quantitative estimate of drug-likeness (QED) is 0.843. The number of halogens is 1. The Morgan fingerprint density at radius 1 is 1.44 bits per heavy atom. The van der Waals surface area contributed by atoms with Crippen LogP contribution < -0.4 is 5.43 Å². The molecular weight excluding hydrogens is 274 g/mol. The van der Waals surface area contributed by atoms with Crippen LogP contribution in [0.3, 0.4) is 0 Å². The molecule has 0 bridgehead atoms. The summed E-state index contributed by atoms with van der Waals surface area (Å²) in [5, 5.41) is 9.34. The predicted molar refractivity (Wildman–Crippen MR) is 64.0 cm³/mol. The summed E-state index contributed by atoms with van der Waals surface area (Å²) in [5.41, 5.74) is 0.984. The molecular formula is C11H8BrNO3. The third-order valence-corrected chi connectivity index (χ3v) is 3.29. The van der Waals surface area contributed by atoms with E-state index >= 15 is 0 Å². The zero-order valence-corrected chi connectivity index (χ0v) is 9.96. The molecule has 2 N–H and O–H groups in total. The Bertz CT molecular complexity index is 645. The average Bonchev–Trinajstić information content (AvgIpc) is 2.23. The standard InChI is InChI=1S/C11H8BrNO3/c1-5-7(12)3-2-6-9(14)4-8(11(15)16)13-10(5)6/h2-4H,1H3,(H,13,14)(H,15,16). The molecule has 1 aromatic carbocycles. The zero-order chi connectivity index (χ0) is 11.9. The number of carboxylic acids is 1. The summed E-state index contributed by atoms with van der Waals surface area (Å²) in [6.45, 7) is 1.81. The number of hydrogen-bond donors (Lipinski definition) is 2. The lowest BCUT2D eigenvalue weighted by atomic mass is 10.1. The first-order valence-electron chi connectivity index (χ1n) is 4.56. The minimum absolute atomic E-state index is 0.0984. The second-order valence-corrected chi connectivity index (χ2v) is 4.30. The number of aromatic carboxylic acids is 1. The fraction of sp³-hybridized carbons (Fsp3) is 0.0909. The van der Waals surface area contributed by atoms with E-state index in [0.717, 1.165) is 16.1 Å². The maximum Gasteiger partial charge on any atom is 0.352 e. The number of carboxylic acid groups (broad SMARTS) is 1. The number of hydrogen-bond acceptors (Lipinski definition) is 2. The molecule has 1 heterocycles. The van der Waals surface area contributed by atoms with Crippen molar-refractivity contribution in [3.8, 4) is 0 Å². The number of benzene rings is 1. The third kappa shape index (κ3) is 1.63. The van der Waals surface area contributed by atoms with Crippen molar-refractivity contribution in [1.29, 1.82) is 0 Å². The van der Waals surface area contributed by atoms with E-state index in [1.807, 2.05) is 6.92 Å². The van der Waals surface area contributed by atoms with Gasteiger partial charge in [0.05, 0.1) is 5.52 Å². The molecule has 0 aliphatic carbocycles. The molecule has 2 aromatic rings. The SMILES string of the molecule is Cc1c(Br)ccc2c(=O)cc(C(=O)O)[nH]c12. The van der Waals surface area contributed by atoms with E-state index in [4.69, 9.17) is 5.11 Å². The van der Waals surface area contributed by atoms with Crippen molar-refractivity contribution in [1.82, 2.24) is 4.98 Å². The number of aryl methyl sites for hydroxylation is 1. The van der Waals surface area contributed by atoms with Crippen LogP contribution >= 0.6 is 15.9 Å². The first-order chi connectivity index (χ1) is 7.50. The van der Waals surface area contributed by atoms with E-state index in [1.54, 1.807) is 12.1 Å². The topological polar surface area (TPSA) is 70.2 Å². The summed E-state index contributed by atoms with van der Waals surface area (Å²) < 4.78 is 0.832. The molecule has 0 spiro atoms. The summed E-state index contributed by atoms with van der Waals surface area (Å²) in [5.74, 6) is -1.14. The van der Waals surface area contributed by atoms with Gasteiger partial charge in [0.1, 0.15) is 5.69 Å². The van der Waals surface area contributed by atoms with Crippen LogP contribution in [0.5, 0.6) is 0 Å². The van der Waals surface area contributed by atoms with Crippen LogP contribution in [-0.4, -0.2) is 16.1 Å². The van der Waals surface area contributed by atoms with Crippen LogP contribution in [0.2, 0.25) is 0 Å². The third-order valence-electron chi connectivity index (χ3n) is 2.43. The van der Waals surface area contributed by atoms with E-state index in [1.165, 1.54) is 0 Å². The summed E-state index contributed by atoms with van der Waals surface area (Å²) >= 11 is 3.33. The smallest absolute Gasteiger partial charge is 0.352 e. The molecule has 0 saturated carbocycles. The molecule has 1 aromatic heterocycles. The number of rotatable bonds is 1. The lowest BCUT2D eigenvalue weighted by Gasteiger charge is -2.05. The molecule has 2 rings (SSSR count). The first kappa shape index (κ1) is 10.9. The second-order valence-electron chi connectivity index (χ2n) is 3.45. The van der Waals surface area contributed by atoms with Gasteiger partial charge in [-0.1, -0.05) is 15.9 Å². The molecule has 0 unspecified atom stereocenters. The van der Waals surface area contributed by atoms with E-state index in [0.29, 0.717) is 10.9 Å². The number of aromatic amines is 1. The zero-order valence-electron chi connectivity index (χ0n) is 8.37. The number of pyridine rings is 1. The number of carbonyl (C=O) groups is 1. The van der Waals surface area contributed by atoms with Gasteiger partial charge in [0, 0.05) is 15.9 Å². The molecule has 82 valence electrons. The van der Waals surface area contributed by atoms with E-state index in [-0.39, 0.29) is 11.1 Å². The minimum atomic E-state index is -1.14. The predicted octanol–water partition coefficient (Wildman–Crippen LogP) is 2.30. The highest BCUT2D eigenvalue weighted by Gasteiger charge is 2.10.